The molecule has 0 aromatic rings. The molecule has 6 N–H and O–H groups in total. The fraction of sp³-hybridized carbons (Fsp3) is 0.300. The van der Waals surface area contributed by atoms with Gasteiger partial charge in [-0.25, -0.2) is 0 Å². The molecule has 0 heterocycles. The van der Waals surface area contributed by atoms with Gasteiger partial charge in [-0.05, 0) is 0 Å². The molecule has 1 rings (SSSR count). The Hall–Kier alpha value is -1.39. The molecule has 1 amide bonds. The van der Waals surface area contributed by atoms with Gasteiger partial charge < -0.3 is 17.2 Å². The lowest BCUT2D eigenvalue weighted by Gasteiger charge is -2.36. The maximum Gasteiger partial charge on any atom is 0.231 e. The van der Waals surface area contributed by atoms with Crippen molar-refractivity contribution in [3.63, 3.8) is 0 Å². The summed E-state index contributed by atoms with van der Waals surface area (Å²) in [5.41, 5.74) is 15.9. The Morgan fingerprint density at radius 1 is 1.57 bits per heavy atom. The number of allylic oxidation sites excluding steroid dienone is 2. The second-order valence-corrected chi connectivity index (χ2v) is 3.33. The van der Waals surface area contributed by atoms with Gasteiger partial charge in [-0.15, -0.1) is 6.58 Å². The quantitative estimate of drug-likeness (QED) is 0.523. The highest BCUT2D eigenvalue weighted by Gasteiger charge is 2.44. The van der Waals surface area contributed by atoms with Crippen molar-refractivity contribution in [2.45, 2.75) is 12.1 Å². The van der Waals surface area contributed by atoms with Crippen LogP contribution in [0.2, 0.25) is 0 Å². The molecular formula is C10H15N3O. The van der Waals surface area contributed by atoms with E-state index in [0.29, 0.717) is 0 Å². The molecule has 0 radical (unpaired) electrons. The fourth-order valence-electron chi connectivity index (χ4n) is 1.61. The Kier molecular flexibility index (Phi) is 2.88. The molecule has 1 aliphatic rings. The zero-order valence-corrected chi connectivity index (χ0v) is 7.89. The van der Waals surface area contributed by atoms with E-state index in [1.54, 1.807) is 24.3 Å². The minimum Gasteiger partial charge on any atom is -0.369 e. The fourth-order valence-corrected chi connectivity index (χ4v) is 1.61. The summed E-state index contributed by atoms with van der Waals surface area (Å²) < 4.78 is 0. The minimum absolute atomic E-state index is 0.502. The van der Waals surface area contributed by atoms with Gasteiger partial charge >= 0.3 is 0 Å². The van der Waals surface area contributed by atoms with Crippen molar-refractivity contribution in [1.82, 2.24) is 0 Å². The molecule has 0 spiro atoms. The van der Waals surface area contributed by atoms with Crippen LogP contribution in [0, 0.1) is 5.41 Å². The zero-order valence-electron chi connectivity index (χ0n) is 7.89. The highest BCUT2D eigenvalue weighted by atomic mass is 16.1. The van der Waals surface area contributed by atoms with Crippen molar-refractivity contribution in [3.8, 4) is 0 Å². The summed E-state index contributed by atoms with van der Waals surface area (Å²) in [7, 11) is 0. The topological polar surface area (TPSA) is 95.1 Å². The van der Waals surface area contributed by atoms with Gasteiger partial charge in [0.25, 0.3) is 0 Å². The molecule has 76 valence electrons. The molecule has 0 fully saturated rings. The molecule has 4 heteroatoms. The van der Waals surface area contributed by atoms with Crippen LogP contribution in [0.1, 0.15) is 0 Å². The number of amides is 1. The maximum atomic E-state index is 11.4. The molecular weight excluding hydrogens is 178 g/mol. The summed E-state index contributed by atoms with van der Waals surface area (Å²) in [6.07, 6.45) is 8.31. The van der Waals surface area contributed by atoms with Crippen molar-refractivity contribution in [3.05, 3.63) is 37.0 Å². The van der Waals surface area contributed by atoms with Gasteiger partial charge in [0.05, 0.1) is 0 Å². The molecule has 0 saturated heterocycles. The average Bonchev–Trinajstić information content (AvgIpc) is 2.17. The third kappa shape index (κ3) is 1.38. The maximum absolute atomic E-state index is 11.4. The number of primary amides is 1. The molecule has 0 bridgehead atoms. The molecule has 0 saturated carbocycles. The third-order valence-electron chi connectivity index (χ3n) is 2.59. The first-order chi connectivity index (χ1) is 6.55. The Morgan fingerprint density at radius 2 is 2.21 bits per heavy atom. The third-order valence-corrected chi connectivity index (χ3v) is 2.59. The SMILES string of the molecule is C=CC(N)C1(C(N)=O)C=CC=CC1N. The Morgan fingerprint density at radius 3 is 2.64 bits per heavy atom. The van der Waals surface area contributed by atoms with E-state index in [1.165, 1.54) is 6.08 Å². The number of carbonyl (C=O) groups is 1. The summed E-state index contributed by atoms with van der Waals surface area (Å²) in [5.74, 6) is -0.530. The highest BCUT2D eigenvalue weighted by molar-refractivity contribution is 5.86. The first kappa shape index (κ1) is 10.7. The molecule has 1 aliphatic carbocycles. The van der Waals surface area contributed by atoms with E-state index in [4.69, 9.17) is 17.2 Å². The number of carbonyl (C=O) groups excluding carboxylic acids is 1. The van der Waals surface area contributed by atoms with Gasteiger partial charge in [-0.2, -0.15) is 0 Å². The van der Waals surface area contributed by atoms with Crippen LogP contribution >= 0.6 is 0 Å². The van der Waals surface area contributed by atoms with Crippen LogP contribution in [0.3, 0.4) is 0 Å². The van der Waals surface area contributed by atoms with Crippen LogP contribution < -0.4 is 17.2 Å². The Bertz CT molecular complexity index is 302. The predicted octanol–water partition coefficient (Wildman–Crippen LogP) is -0.575. The summed E-state index contributed by atoms with van der Waals surface area (Å²) in [5, 5.41) is 0. The van der Waals surface area contributed by atoms with Gasteiger partial charge in [0.2, 0.25) is 5.91 Å². The second kappa shape index (κ2) is 3.77. The normalized spacial score (nSPS) is 32.6. The summed E-state index contributed by atoms with van der Waals surface area (Å²) in [6.45, 7) is 3.55. The lowest BCUT2D eigenvalue weighted by atomic mass is 9.71. The summed E-state index contributed by atoms with van der Waals surface area (Å²) >= 11 is 0. The van der Waals surface area contributed by atoms with E-state index >= 15 is 0 Å². The van der Waals surface area contributed by atoms with E-state index in [1.807, 2.05) is 0 Å². The first-order valence-electron chi connectivity index (χ1n) is 4.35. The predicted molar refractivity (Wildman–Crippen MR) is 56.1 cm³/mol. The van der Waals surface area contributed by atoms with Crippen molar-refractivity contribution < 1.29 is 4.79 Å². The van der Waals surface area contributed by atoms with Crippen LogP contribution in [0.15, 0.2) is 37.0 Å². The molecule has 0 aliphatic heterocycles. The van der Waals surface area contributed by atoms with Crippen LogP contribution in [-0.2, 0) is 4.79 Å². The number of hydrogen-bond acceptors (Lipinski definition) is 3. The Balaban J connectivity index is 3.16. The van der Waals surface area contributed by atoms with Crippen molar-refractivity contribution in [2.24, 2.45) is 22.6 Å². The minimum atomic E-state index is -1.05. The number of hydrogen-bond donors (Lipinski definition) is 3. The monoisotopic (exact) mass is 193 g/mol. The number of nitrogens with two attached hydrogens (primary N) is 3. The molecule has 4 nitrogen and oxygen atoms in total. The van der Waals surface area contributed by atoms with Gasteiger partial charge in [-0.1, -0.05) is 30.4 Å². The highest BCUT2D eigenvalue weighted by Crippen LogP contribution is 2.30. The van der Waals surface area contributed by atoms with Gasteiger partial charge in [0.15, 0.2) is 0 Å². The smallest absolute Gasteiger partial charge is 0.231 e. The number of rotatable bonds is 3. The van der Waals surface area contributed by atoms with Crippen molar-refractivity contribution >= 4 is 5.91 Å². The molecule has 14 heavy (non-hydrogen) atoms. The summed E-state index contributed by atoms with van der Waals surface area (Å²) in [4.78, 5) is 11.4. The largest absolute Gasteiger partial charge is 0.369 e. The van der Waals surface area contributed by atoms with Crippen LogP contribution in [0.5, 0.6) is 0 Å². The van der Waals surface area contributed by atoms with Gasteiger partial charge in [0, 0.05) is 12.1 Å². The second-order valence-electron chi connectivity index (χ2n) is 3.33. The van der Waals surface area contributed by atoms with E-state index < -0.39 is 23.4 Å². The van der Waals surface area contributed by atoms with Crippen LogP contribution in [0.4, 0.5) is 0 Å². The van der Waals surface area contributed by atoms with Crippen LogP contribution in [-0.4, -0.2) is 18.0 Å². The molecule has 0 aromatic carbocycles. The van der Waals surface area contributed by atoms with Crippen molar-refractivity contribution in [1.29, 1.82) is 0 Å². The van der Waals surface area contributed by atoms with Crippen LogP contribution in [0.25, 0.3) is 0 Å². The van der Waals surface area contributed by atoms with Gasteiger partial charge in [0.1, 0.15) is 5.41 Å². The zero-order chi connectivity index (χ0) is 10.8. The van der Waals surface area contributed by atoms with Gasteiger partial charge in [-0.3, -0.25) is 4.79 Å². The standard InChI is InChI=1S/C10H15N3O/c1-2-7(11)10(9(13)14)6-4-3-5-8(10)12/h2-8H,1,11-12H2,(H2,13,14). The molecule has 3 atom stereocenters. The average molecular weight is 193 g/mol. The summed E-state index contributed by atoms with van der Waals surface area (Å²) in [6, 6.07) is -1.07. The first-order valence-corrected chi connectivity index (χ1v) is 4.35. The molecule has 3 unspecified atom stereocenters. The van der Waals surface area contributed by atoms with E-state index in [-0.39, 0.29) is 0 Å². The van der Waals surface area contributed by atoms with Crippen molar-refractivity contribution in [2.75, 3.05) is 0 Å². The van der Waals surface area contributed by atoms with E-state index in [9.17, 15) is 4.79 Å². The molecule has 0 aromatic heterocycles. The van der Waals surface area contributed by atoms with E-state index in [0.717, 1.165) is 0 Å². The van der Waals surface area contributed by atoms with E-state index in [2.05, 4.69) is 6.58 Å². The Labute approximate surface area is 83.1 Å². The lowest BCUT2D eigenvalue weighted by Crippen LogP contribution is -2.58. The lowest BCUT2D eigenvalue weighted by molar-refractivity contribution is -0.126.